The number of carbonyl (C=O) groups excluding carboxylic acids is 1. The average molecular weight is 288 g/mol. The number of fused-ring (bicyclic) bond motifs is 1. The minimum absolute atomic E-state index is 0.0180. The molecule has 0 radical (unpaired) electrons. The van der Waals surface area contributed by atoms with Gasteiger partial charge in [0.05, 0.1) is 23.8 Å². The number of rotatable bonds is 3. The molecule has 0 spiro atoms. The fourth-order valence-electron chi connectivity index (χ4n) is 2.26. The summed E-state index contributed by atoms with van der Waals surface area (Å²) in [5, 5.41) is 6.15. The van der Waals surface area contributed by atoms with Crippen LogP contribution >= 0.6 is 11.8 Å². The van der Waals surface area contributed by atoms with E-state index in [2.05, 4.69) is 20.6 Å². The molecule has 104 valence electrons. The molecule has 1 aromatic heterocycles. The Morgan fingerprint density at radius 1 is 1.40 bits per heavy atom. The third kappa shape index (κ3) is 2.71. The monoisotopic (exact) mass is 288 g/mol. The molecule has 20 heavy (non-hydrogen) atoms. The summed E-state index contributed by atoms with van der Waals surface area (Å²) < 4.78 is 0. The van der Waals surface area contributed by atoms with Gasteiger partial charge in [-0.25, -0.2) is 4.98 Å². The topological polar surface area (TPSA) is 69.8 Å². The highest BCUT2D eigenvalue weighted by atomic mass is 32.2. The van der Waals surface area contributed by atoms with E-state index in [1.54, 1.807) is 18.1 Å². The van der Waals surface area contributed by atoms with E-state index in [0.29, 0.717) is 13.0 Å². The highest BCUT2D eigenvalue weighted by Gasteiger charge is 2.25. The lowest BCUT2D eigenvalue weighted by Gasteiger charge is -2.22. The number of nitrogens with zero attached hydrogens (tertiary/aromatic N) is 1. The molecule has 1 unspecified atom stereocenters. The Kier molecular flexibility index (Phi) is 3.75. The SMILES string of the molecule is CSc1ccc(NC(=O)C2Cc3nc[nH]c3CN2)cc1. The maximum Gasteiger partial charge on any atom is 0.241 e. The Morgan fingerprint density at radius 3 is 2.95 bits per heavy atom. The highest BCUT2D eigenvalue weighted by Crippen LogP contribution is 2.18. The van der Waals surface area contributed by atoms with Gasteiger partial charge in [0.2, 0.25) is 5.91 Å². The fraction of sp³-hybridized carbons (Fsp3) is 0.286. The van der Waals surface area contributed by atoms with Crippen LogP contribution in [-0.2, 0) is 17.8 Å². The number of imidazole rings is 1. The largest absolute Gasteiger partial charge is 0.347 e. The van der Waals surface area contributed by atoms with Crippen molar-refractivity contribution >= 4 is 23.4 Å². The Bertz CT molecular complexity index is 608. The number of anilines is 1. The van der Waals surface area contributed by atoms with Crippen molar-refractivity contribution in [3.05, 3.63) is 42.0 Å². The zero-order valence-corrected chi connectivity index (χ0v) is 12.0. The summed E-state index contributed by atoms with van der Waals surface area (Å²) in [6, 6.07) is 7.62. The predicted molar refractivity (Wildman–Crippen MR) is 79.8 cm³/mol. The maximum atomic E-state index is 12.2. The van der Waals surface area contributed by atoms with Crippen LogP contribution < -0.4 is 10.6 Å². The minimum Gasteiger partial charge on any atom is -0.347 e. The van der Waals surface area contributed by atoms with Crippen LogP contribution in [0, 0.1) is 0 Å². The van der Waals surface area contributed by atoms with Crippen LogP contribution in [0.1, 0.15) is 11.4 Å². The van der Waals surface area contributed by atoms with Crippen LogP contribution in [0.2, 0.25) is 0 Å². The molecule has 0 bridgehead atoms. The molecular formula is C14H16N4OS. The number of thioether (sulfide) groups is 1. The quantitative estimate of drug-likeness (QED) is 0.753. The van der Waals surface area contributed by atoms with Crippen molar-refractivity contribution in [3.8, 4) is 0 Å². The van der Waals surface area contributed by atoms with Crippen molar-refractivity contribution < 1.29 is 4.79 Å². The molecule has 6 heteroatoms. The zero-order chi connectivity index (χ0) is 13.9. The van der Waals surface area contributed by atoms with Crippen molar-refractivity contribution in [1.82, 2.24) is 15.3 Å². The number of amides is 1. The Labute approximate surface area is 121 Å². The van der Waals surface area contributed by atoms with Crippen LogP contribution in [0.4, 0.5) is 5.69 Å². The van der Waals surface area contributed by atoms with Gasteiger partial charge in [-0.2, -0.15) is 0 Å². The third-order valence-corrected chi connectivity index (χ3v) is 4.15. The summed E-state index contributed by atoms with van der Waals surface area (Å²) in [5.41, 5.74) is 2.86. The Balaban J connectivity index is 1.65. The lowest BCUT2D eigenvalue weighted by Crippen LogP contribution is -2.44. The number of aromatic amines is 1. The van der Waals surface area contributed by atoms with Crippen LogP contribution in [0.25, 0.3) is 0 Å². The highest BCUT2D eigenvalue weighted by molar-refractivity contribution is 7.98. The van der Waals surface area contributed by atoms with E-state index >= 15 is 0 Å². The molecule has 0 saturated carbocycles. The first kappa shape index (κ1) is 13.2. The first-order valence-corrected chi connectivity index (χ1v) is 7.68. The summed E-state index contributed by atoms with van der Waals surface area (Å²) >= 11 is 1.68. The number of aromatic nitrogens is 2. The van der Waals surface area contributed by atoms with Gasteiger partial charge in [-0.15, -0.1) is 11.8 Å². The normalized spacial score (nSPS) is 17.6. The van der Waals surface area contributed by atoms with E-state index in [1.807, 2.05) is 30.5 Å². The van der Waals surface area contributed by atoms with E-state index in [4.69, 9.17) is 0 Å². The van der Waals surface area contributed by atoms with Crippen molar-refractivity contribution in [2.45, 2.75) is 23.9 Å². The molecule has 1 aliphatic rings. The summed E-state index contributed by atoms with van der Waals surface area (Å²) in [7, 11) is 0. The third-order valence-electron chi connectivity index (χ3n) is 3.40. The molecule has 3 N–H and O–H groups in total. The number of hydrogen-bond donors (Lipinski definition) is 3. The van der Waals surface area contributed by atoms with Crippen molar-refractivity contribution in [3.63, 3.8) is 0 Å². The van der Waals surface area contributed by atoms with Crippen LogP contribution in [-0.4, -0.2) is 28.2 Å². The van der Waals surface area contributed by atoms with Gasteiger partial charge in [0.25, 0.3) is 0 Å². The lowest BCUT2D eigenvalue weighted by atomic mass is 10.0. The Hall–Kier alpha value is -1.79. The molecule has 0 saturated heterocycles. The molecule has 2 heterocycles. The Morgan fingerprint density at radius 2 is 2.20 bits per heavy atom. The molecule has 5 nitrogen and oxygen atoms in total. The number of benzene rings is 1. The van der Waals surface area contributed by atoms with Crippen molar-refractivity contribution in [1.29, 1.82) is 0 Å². The molecule has 1 atom stereocenters. The lowest BCUT2D eigenvalue weighted by molar-refractivity contribution is -0.118. The van der Waals surface area contributed by atoms with Gasteiger partial charge in [-0.3, -0.25) is 10.1 Å². The number of hydrogen-bond acceptors (Lipinski definition) is 4. The van der Waals surface area contributed by atoms with Gasteiger partial charge in [0.15, 0.2) is 0 Å². The average Bonchev–Trinajstić information content (AvgIpc) is 2.95. The van der Waals surface area contributed by atoms with Gasteiger partial charge in [-0.05, 0) is 30.5 Å². The molecule has 3 rings (SSSR count). The molecular weight excluding hydrogens is 272 g/mol. The van der Waals surface area contributed by atoms with Gasteiger partial charge >= 0.3 is 0 Å². The second kappa shape index (κ2) is 5.68. The van der Waals surface area contributed by atoms with E-state index in [1.165, 1.54) is 4.90 Å². The van der Waals surface area contributed by atoms with Gasteiger partial charge in [0, 0.05) is 23.5 Å². The van der Waals surface area contributed by atoms with Gasteiger partial charge in [-0.1, -0.05) is 0 Å². The van der Waals surface area contributed by atoms with Gasteiger partial charge in [0.1, 0.15) is 0 Å². The summed E-state index contributed by atoms with van der Waals surface area (Å²) in [6.07, 6.45) is 4.32. The zero-order valence-electron chi connectivity index (χ0n) is 11.1. The van der Waals surface area contributed by atoms with Crippen LogP contribution in [0.15, 0.2) is 35.5 Å². The van der Waals surface area contributed by atoms with E-state index in [-0.39, 0.29) is 11.9 Å². The molecule has 0 aliphatic carbocycles. The number of carbonyl (C=O) groups is 1. The first-order chi connectivity index (χ1) is 9.76. The van der Waals surface area contributed by atoms with E-state index < -0.39 is 0 Å². The summed E-state index contributed by atoms with van der Waals surface area (Å²) in [4.78, 5) is 20.7. The molecule has 2 aromatic rings. The molecule has 1 aromatic carbocycles. The summed E-state index contributed by atoms with van der Waals surface area (Å²) in [6.45, 7) is 0.652. The fourth-order valence-corrected chi connectivity index (χ4v) is 2.67. The molecule has 1 amide bonds. The predicted octanol–water partition coefficient (Wildman–Crippen LogP) is 1.78. The number of H-pyrrole nitrogens is 1. The molecule has 0 fully saturated rings. The van der Waals surface area contributed by atoms with Crippen molar-refractivity contribution in [2.24, 2.45) is 0 Å². The van der Waals surface area contributed by atoms with Gasteiger partial charge < -0.3 is 10.3 Å². The first-order valence-electron chi connectivity index (χ1n) is 6.45. The second-order valence-electron chi connectivity index (χ2n) is 4.68. The number of nitrogens with one attached hydrogen (secondary N) is 3. The summed E-state index contributed by atoms with van der Waals surface area (Å²) in [5.74, 6) is -0.0180. The second-order valence-corrected chi connectivity index (χ2v) is 5.56. The minimum atomic E-state index is -0.231. The van der Waals surface area contributed by atoms with Crippen LogP contribution in [0.3, 0.4) is 0 Å². The standard InChI is InChI=1S/C14H16N4OS/c1-20-10-4-2-9(3-5-10)18-14(19)12-6-11-13(7-15-12)17-8-16-11/h2-5,8,12,15H,6-7H2,1H3,(H,16,17)(H,18,19). The maximum absolute atomic E-state index is 12.2. The van der Waals surface area contributed by atoms with E-state index in [9.17, 15) is 4.79 Å². The van der Waals surface area contributed by atoms with Crippen LogP contribution in [0.5, 0.6) is 0 Å². The van der Waals surface area contributed by atoms with E-state index in [0.717, 1.165) is 17.1 Å². The molecule has 1 aliphatic heterocycles. The van der Waals surface area contributed by atoms with Crippen molar-refractivity contribution in [2.75, 3.05) is 11.6 Å². The smallest absolute Gasteiger partial charge is 0.241 e.